The maximum absolute atomic E-state index is 10.2. The molecule has 0 bridgehead atoms. The average molecular weight is 205 g/mol. The molecule has 1 aliphatic rings. The zero-order valence-corrected chi connectivity index (χ0v) is 9.19. The summed E-state index contributed by atoms with van der Waals surface area (Å²) in [4.78, 5) is 0. The number of rotatable bonds is 3. The third kappa shape index (κ3) is 2.39. The molecule has 0 aliphatic carbocycles. The molecule has 2 heteroatoms. The summed E-state index contributed by atoms with van der Waals surface area (Å²) in [5.74, 6) is 0.210. The molecule has 15 heavy (non-hydrogen) atoms. The van der Waals surface area contributed by atoms with Crippen LogP contribution in [-0.4, -0.2) is 23.8 Å². The molecule has 0 radical (unpaired) electrons. The van der Waals surface area contributed by atoms with E-state index in [1.807, 2.05) is 18.2 Å². The third-order valence-corrected chi connectivity index (χ3v) is 3.35. The summed E-state index contributed by atoms with van der Waals surface area (Å²) in [5.41, 5.74) is 1.22. The van der Waals surface area contributed by atoms with Crippen molar-refractivity contribution in [2.75, 3.05) is 6.54 Å². The summed E-state index contributed by atoms with van der Waals surface area (Å²) in [6.45, 7) is 3.14. The Morgan fingerprint density at radius 1 is 1.33 bits per heavy atom. The predicted octanol–water partition coefficient (Wildman–Crippen LogP) is 1.90. The lowest BCUT2D eigenvalue weighted by molar-refractivity contribution is 0.112. The van der Waals surface area contributed by atoms with Crippen LogP contribution in [0.2, 0.25) is 0 Å². The summed E-state index contributed by atoms with van der Waals surface area (Å²) < 4.78 is 0. The quantitative estimate of drug-likeness (QED) is 0.790. The van der Waals surface area contributed by atoms with Crippen LogP contribution in [0.1, 0.15) is 31.2 Å². The van der Waals surface area contributed by atoms with Crippen molar-refractivity contribution in [1.82, 2.24) is 5.32 Å². The van der Waals surface area contributed by atoms with E-state index in [0.717, 1.165) is 13.0 Å². The van der Waals surface area contributed by atoms with Crippen LogP contribution in [0.15, 0.2) is 30.3 Å². The average Bonchev–Trinajstić information content (AvgIpc) is 2.82. The SMILES string of the molecule is C[C@H](c1ccccc1)[C@@H](O)C1CCCN1. The zero-order valence-electron chi connectivity index (χ0n) is 9.19. The normalized spacial score (nSPS) is 25.1. The second-order valence-corrected chi connectivity index (χ2v) is 4.39. The molecule has 1 heterocycles. The van der Waals surface area contributed by atoms with Crippen molar-refractivity contribution in [1.29, 1.82) is 0 Å². The lowest BCUT2D eigenvalue weighted by atomic mass is 9.90. The molecule has 0 aromatic heterocycles. The fourth-order valence-corrected chi connectivity index (χ4v) is 2.31. The van der Waals surface area contributed by atoms with Gasteiger partial charge in [-0.3, -0.25) is 0 Å². The fourth-order valence-electron chi connectivity index (χ4n) is 2.31. The number of aliphatic hydroxyl groups is 1. The number of hydrogen-bond acceptors (Lipinski definition) is 2. The largest absolute Gasteiger partial charge is 0.391 e. The van der Waals surface area contributed by atoms with E-state index in [0.29, 0.717) is 0 Å². The molecule has 0 amide bonds. The van der Waals surface area contributed by atoms with Crippen LogP contribution >= 0.6 is 0 Å². The highest BCUT2D eigenvalue weighted by molar-refractivity contribution is 5.20. The molecule has 0 saturated carbocycles. The maximum Gasteiger partial charge on any atom is 0.0758 e. The van der Waals surface area contributed by atoms with Gasteiger partial charge in [-0.05, 0) is 24.9 Å². The van der Waals surface area contributed by atoms with Gasteiger partial charge in [0.25, 0.3) is 0 Å². The number of hydrogen-bond donors (Lipinski definition) is 2. The molecule has 1 aromatic carbocycles. The Labute approximate surface area is 91.3 Å². The van der Waals surface area contributed by atoms with Crippen LogP contribution in [0, 0.1) is 0 Å². The van der Waals surface area contributed by atoms with Gasteiger partial charge in [0, 0.05) is 12.0 Å². The molecule has 1 unspecified atom stereocenters. The highest BCUT2D eigenvalue weighted by atomic mass is 16.3. The van der Waals surface area contributed by atoms with E-state index in [1.54, 1.807) is 0 Å². The van der Waals surface area contributed by atoms with Crippen molar-refractivity contribution in [2.45, 2.75) is 37.8 Å². The summed E-state index contributed by atoms with van der Waals surface area (Å²) in [6.07, 6.45) is 2.01. The van der Waals surface area contributed by atoms with Crippen molar-refractivity contribution in [2.24, 2.45) is 0 Å². The molecule has 1 aromatic rings. The van der Waals surface area contributed by atoms with Gasteiger partial charge in [0.05, 0.1) is 6.10 Å². The highest BCUT2D eigenvalue weighted by Gasteiger charge is 2.27. The van der Waals surface area contributed by atoms with Crippen LogP contribution < -0.4 is 5.32 Å². The van der Waals surface area contributed by atoms with Gasteiger partial charge in [-0.15, -0.1) is 0 Å². The Morgan fingerprint density at radius 3 is 2.67 bits per heavy atom. The molecule has 2 N–H and O–H groups in total. The monoisotopic (exact) mass is 205 g/mol. The number of aliphatic hydroxyl groups excluding tert-OH is 1. The lowest BCUT2D eigenvalue weighted by Crippen LogP contribution is -2.38. The molecular weight excluding hydrogens is 186 g/mol. The minimum Gasteiger partial charge on any atom is -0.391 e. The molecule has 0 spiro atoms. The van der Waals surface area contributed by atoms with Crippen LogP contribution in [-0.2, 0) is 0 Å². The van der Waals surface area contributed by atoms with Crippen molar-refractivity contribution < 1.29 is 5.11 Å². The van der Waals surface area contributed by atoms with E-state index in [-0.39, 0.29) is 18.1 Å². The second kappa shape index (κ2) is 4.77. The van der Waals surface area contributed by atoms with Crippen LogP contribution in [0.25, 0.3) is 0 Å². The van der Waals surface area contributed by atoms with E-state index >= 15 is 0 Å². The minimum atomic E-state index is -0.269. The number of nitrogens with one attached hydrogen (secondary N) is 1. The lowest BCUT2D eigenvalue weighted by Gasteiger charge is -2.24. The van der Waals surface area contributed by atoms with E-state index in [1.165, 1.54) is 12.0 Å². The van der Waals surface area contributed by atoms with Gasteiger partial charge in [0.15, 0.2) is 0 Å². The van der Waals surface area contributed by atoms with Crippen LogP contribution in [0.5, 0.6) is 0 Å². The Balaban J connectivity index is 2.03. The standard InChI is InChI=1S/C13H19NO/c1-10(11-6-3-2-4-7-11)13(15)12-8-5-9-14-12/h2-4,6-7,10,12-15H,5,8-9H2,1H3/t10-,12?,13-/m1/s1. The van der Waals surface area contributed by atoms with Gasteiger partial charge in [-0.2, -0.15) is 0 Å². The Hall–Kier alpha value is -0.860. The molecule has 1 fully saturated rings. The zero-order chi connectivity index (χ0) is 10.7. The fraction of sp³-hybridized carbons (Fsp3) is 0.538. The van der Waals surface area contributed by atoms with Crippen molar-refractivity contribution >= 4 is 0 Å². The second-order valence-electron chi connectivity index (χ2n) is 4.39. The first-order chi connectivity index (χ1) is 7.29. The van der Waals surface area contributed by atoms with Gasteiger partial charge in [-0.1, -0.05) is 37.3 Å². The minimum absolute atomic E-state index is 0.210. The summed E-state index contributed by atoms with van der Waals surface area (Å²) >= 11 is 0. The van der Waals surface area contributed by atoms with E-state index in [4.69, 9.17) is 0 Å². The van der Waals surface area contributed by atoms with Gasteiger partial charge in [-0.25, -0.2) is 0 Å². The molecule has 82 valence electrons. The molecular formula is C13H19NO. The summed E-state index contributed by atoms with van der Waals surface area (Å²) in [7, 11) is 0. The van der Waals surface area contributed by atoms with Crippen molar-refractivity contribution in [3.05, 3.63) is 35.9 Å². The Kier molecular flexibility index (Phi) is 3.39. The first kappa shape index (κ1) is 10.7. The van der Waals surface area contributed by atoms with Gasteiger partial charge in [0.2, 0.25) is 0 Å². The van der Waals surface area contributed by atoms with Gasteiger partial charge in [0.1, 0.15) is 0 Å². The maximum atomic E-state index is 10.2. The van der Waals surface area contributed by atoms with E-state index in [2.05, 4.69) is 24.4 Å². The summed E-state index contributed by atoms with van der Waals surface area (Å²) in [6, 6.07) is 10.5. The molecule has 2 nitrogen and oxygen atoms in total. The van der Waals surface area contributed by atoms with Crippen LogP contribution in [0.4, 0.5) is 0 Å². The molecule has 3 atom stereocenters. The van der Waals surface area contributed by atoms with Crippen molar-refractivity contribution in [3.8, 4) is 0 Å². The van der Waals surface area contributed by atoms with Crippen LogP contribution in [0.3, 0.4) is 0 Å². The molecule has 1 aliphatic heterocycles. The molecule has 1 saturated heterocycles. The first-order valence-electron chi connectivity index (χ1n) is 5.75. The Bertz CT molecular complexity index is 293. The first-order valence-corrected chi connectivity index (χ1v) is 5.75. The predicted molar refractivity (Wildman–Crippen MR) is 61.9 cm³/mol. The van der Waals surface area contributed by atoms with E-state index < -0.39 is 0 Å². The summed E-state index contributed by atoms with van der Waals surface area (Å²) in [5, 5.41) is 13.6. The Morgan fingerprint density at radius 2 is 2.07 bits per heavy atom. The highest BCUT2D eigenvalue weighted by Crippen LogP contribution is 2.24. The molecule has 2 rings (SSSR count). The van der Waals surface area contributed by atoms with Gasteiger partial charge >= 0.3 is 0 Å². The topological polar surface area (TPSA) is 32.3 Å². The van der Waals surface area contributed by atoms with Gasteiger partial charge < -0.3 is 10.4 Å². The van der Waals surface area contributed by atoms with Crippen molar-refractivity contribution in [3.63, 3.8) is 0 Å². The number of benzene rings is 1. The third-order valence-electron chi connectivity index (χ3n) is 3.35. The smallest absolute Gasteiger partial charge is 0.0758 e. The van der Waals surface area contributed by atoms with E-state index in [9.17, 15) is 5.11 Å².